The van der Waals surface area contributed by atoms with Gasteiger partial charge in [-0.1, -0.05) is 50.1 Å². The van der Waals surface area contributed by atoms with Gasteiger partial charge in [0, 0.05) is 11.8 Å². The molecule has 142 valence electrons. The van der Waals surface area contributed by atoms with Crippen molar-refractivity contribution in [1.29, 1.82) is 0 Å². The summed E-state index contributed by atoms with van der Waals surface area (Å²) in [7, 11) is 0. The molecule has 0 bridgehead atoms. The Hall–Kier alpha value is -2.15. The molecular weight excluding hydrogens is 354 g/mol. The first-order valence-electron chi connectivity index (χ1n) is 8.81. The highest BCUT2D eigenvalue weighted by atomic mass is 32.2. The molecular formula is C19H24NO5S-. The van der Waals surface area contributed by atoms with Crippen LogP contribution in [0.1, 0.15) is 45.1 Å². The third-order valence-electron chi connectivity index (χ3n) is 4.05. The predicted octanol–water partition coefficient (Wildman–Crippen LogP) is 3.22. The number of esters is 1. The maximum atomic E-state index is 12.6. The summed E-state index contributed by atoms with van der Waals surface area (Å²) in [5, 5.41) is 13.1. The van der Waals surface area contributed by atoms with Crippen LogP contribution in [0.4, 0.5) is 4.79 Å². The number of amides is 1. The first-order chi connectivity index (χ1) is 12.6. The fourth-order valence-electron chi connectivity index (χ4n) is 2.74. The Morgan fingerprint density at radius 2 is 1.88 bits per heavy atom. The molecule has 1 aromatic rings. The maximum absolute atomic E-state index is 12.6. The molecule has 26 heavy (non-hydrogen) atoms. The molecule has 6 nitrogen and oxygen atoms in total. The molecule has 1 heterocycles. The molecule has 7 heteroatoms. The molecule has 0 N–H and O–H groups in total. The van der Waals surface area contributed by atoms with Gasteiger partial charge in [-0.3, -0.25) is 0 Å². The molecule has 1 aliphatic heterocycles. The lowest BCUT2D eigenvalue weighted by atomic mass is 10.0. The number of ether oxygens (including phenoxy) is 2. The monoisotopic (exact) mass is 378 g/mol. The van der Waals surface area contributed by atoms with Gasteiger partial charge in [0.15, 0.2) is 0 Å². The van der Waals surface area contributed by atoms with Gasteiger partial charge in [-0.15, -0.1) is 0 Å². The zero-order valence-corrected chi connectivity index (χ0v) is 15.9. The van der Waals surface area contributed by atoms with Crippen LogP contribution in [0.2, 0.25) is 0 Å². The molecule has 1 aliphatic rings. The second kappa shape index (κ2) is 9.52. The Morgan fingerprint density at radius 3 is 2.50 bits per heavy atom. The number of unbranched alkanes of at least 4 members (excludes halogenated alkanes) is 3. The number of hydrogen-bond donors (Lipinski definition) is 0. The van der Waals surface area contributed by atoms with Gasteiger partial charge >= 0.3 is 5.97 Å². The van der Waals surface area contributed by atoms with Crippen molar-refractivity contribution in [3.05, 3.63) is 41.4 Å². The number of benzene rings is 1. The molecule has 0 radical (unpaired) electrons. The van der Waals surface area contributed by atoms with E-state index in [4.69, 9.17) is 9.47 Å². The number of nitrogens with zero attached hydrogens (tertiary/aromatic N) is 1. The van der Waals surface area contributed by atoms with E-state index in [-0.39, 0.29) is 6.61 Å². The number of carbonyl (C=O) groups excluding carboxylic acids is 2. The Kier molecular flexibility index (Phi) is 7.38. The average molecular weight is 378 g/mol. The van der Waals surface area contributed by atoms with Crippen LogP contribution in [0, 0.1) is 0 Å². The molecule has 0 spiro atoms. The molecule has 0 aliphatic carbocycles. The third kappa shape index (κ3) is 4.33. The van der Waals surface area contributed by atoms with E-state index in [0.29, 0.717) is 17.9 Å². The number of rotatable bonds is 9. The summed E-state index contributed by atoms with van der Waals surface area (Å²) >= 11 is 1.07. The first kappa shape index (κ1) is 20.2. The second-order valence-electron chi connectivity index (χ2n) is 5.84. The minimum absolute atomic E-state index is 0.154. The topological polar surface area (TPSA) is 78.9 Å². The van der Waals surface area contributed by atoms with Gasteiger partial charge in [-0.05, 0) is 30.9 Å². The van der Waals surface area contributed by atoms with Crippen molar-refractivity contribution in [3.63, 3.8) is 0 Å². The van der Waals surface area contributed by atoms with Crippen molar-refractivity contribution in [2.75, 3.05) is 13.2 Å². The Balaban J connectivity index is 2.16. The van der Waals surface area contributed by atoms with Crippen LogP contribution < -0.4 is 9.84 Å². The van der Waals surface area contributed by atoms with Crippen LogP contribution in [-0.2, 0) is 14.4 Å². The van der Waals surface area contributed by atoms with Crippen molar-refractivity contribution >= 4 is 23.8 Å². The molecule has 1 amide bonds. The molecule has 0 saturated heterocycles. The lowest BCUT2D eigenvalue weighted by molar-refractivity contribution is -0.265. The summed E-state index contributed by atoms with van der Waals surface area (Å²) in [4.78, 5) is 23.5. The summed E-state index contributed by atoms with van der Waals surface area (Å²) in [6.45, 7) is 4.62. The van der Waals surface area contributed by atoms with E-state index >= 15 is 0 Å². The predicted molar refractivity (Wildman–Crippen MR) is 98.4 cm³/mol. The van der Waals surface area contributed by atoms with Crippen LogP contribution >= 0.6 is 11.8 Å². The van der Waals surface area contributed by atoms with Gasteiger partial charge in [0.25, 0.3) is 0 Å². The van der Waals surface area contributed by atoms with Crippen molar-refractivity contribution in [2.45, 2.75) is 44.4 Å². The molecule has 0 aromatic heterocycles. The molecule has 2 rings (SSSR count). The van der Waals surface area contributed by atoms with Crippen LogP contribution in [0.15, 0.2) is 35.9 Å². The van der Waals surface area contributed by atoms with Crippen LogP contribution in [0.3, 0.4) is 0 Å². The van der Waals surface area contributed by atoms with Gasteiger partial charge in [0.05, 0.1) is 13.2 Å². The fourth-order valence-corrected chi connectivity index (χ4v) is 3.79. The average Bonchev–Trinajstić information content (AvgIpc) is 3.09. The van der Waals surface area contributed by atoms with Gasteiger partial charge in [0.1, 0.15) is 11.8 Å². The minimum Gasteiger partial charge on any atom is -0.530 e. The Bertz CT molecular complexity index is 646. The zero-order chi connectivity index (χ0) is 19.0. The van der Waals surface area contributed by atoms with E-state index < -0.39 is 16.9 Å². The van der Waals surface area contributed by atoms with Gasteiger partial charge < -0.3 is 24.3 Å². The van der Waals surface area contributed by atoms with Crippen molar-refractivity contribution in [1.82, 2.24) is 4.90 Å². The quantitative estimate of drug-likeness (QED) is 0.485. The normalized spacial score (nSPS) is 18.8. The van der Waals surface area contributed by atoms with E-state index in [9.17, 15) is 14.7 Å². The number of hydrogen-bond acceptors (Lipinski definition) is 6. The number of carboxylic acid groups (broad SMARTS) is 1. The Labute approximate surface area is 158 Å². The summed E-state index contributed by atoms with van der Waals surface area (Å²) < 4.78 is 10.8. The number of carbonyl (C=O) groups is 2. The lowest BCUT2D eigenvalue weighted by Gasteiger charge is -2.36. The van der Waals surface area contributed by atoms with Gasteiger partial charge in [-0.2, -0.15) is 0 Å². The second-order valence-corrected chi connectivity index (χ2v) is 6.94. The summed E-state index contributed by atoms with van der Waals surface area (Å²) in [6.07, 6.45) is 4.33. The molecule has 1 aromatic carbocycles. The highest BCUT2D eigenvalue weighted by Gasteiger charge is 2.50. The van der Waals surface area contributed by atoms with Crippen molar-refractivity contribution in [3.8, 4) is 5.75 Å². The van der Waals surface area contributed by atoms with E-state index in [1.807, 2.05) is 0 Å². The highest BCUT2D eigenvalue weighted by molar-refractivity contribution is 8.03. The van der Waals surface area contributed by atoms with Gasteiger partial charge in [-0.25, -0.2) is 4.79 Å². The van der Waals surface area contributed by atoms with Crippen LogP contribution in [0.5, 0.6) is 5.75 Å². The summed E-state index contributed by atoms with van der Waals surface area (Å²) in [5.74, 6) is 0.0349. The van der Waals surface area contributed by atoms with Crippen LogP contribution in [0.25, 0.3) is 0 Å². The summed E-state index contributed by atoms with van der Waals surface area (Å²) in [5.41, 5.74) is 0.494. The third-order valence-corrected chi connectivity index (χ3v) is 5.25. The minimum atomic E-state index is -1.52. The van der Waals surface area contributed by atoms with Gasteiger partial charge in [0.2, 0.25) is 4.87 Å². The lowest BCUT2D eigenvalue weighted by Crippen LogP contribution is -2.52. The SMILES string of the molecule is CCCCCCOc1ccc(C2(C(=O)OCC)SC=CN2C(=O)[O-])cc1. The molecule has 1 atom stereocenters. The standard InChI is InChI=1S/C19H25NO5S/c1-3-5-6-7-13-25-16-10-8-15(9-11-16)19(17(21)24-4-2)20(18(22)23)12-14-26-19/h8-12,14H,3-7,13H2,1-2H3,(H,22,23)/p-1. The molecule has 0 fully saturated rings. The highest BCUT2D eigenvalue weighted by Crippen LogP contribution is 2.46. The van der Waals surface area contributed by atoms with E-state index in [2.05, 4.69) is 6.92 Å². The van der Waals surface area contributed by atoms with Crippen LogP contribution in [-0.4, -0.2) is 30.2 Å². The first-order valence-corrected chi connectivity index (χ1v) is 9.69. The Morgan fingerprint density at radius 1 is 1.15 bits per heavy atom. The smallest absolute Gasteiger partial charge is 0.348 e. The maximum Gasteiger partial charge on any atom is 0.348 e. The van der Waals surface area contributed by atoms with E-state index in [1.165, 1.54) is 19.0 Å². The molecule has 1 unspecified atom stereocenters. The fraction of sp³-hybridized carbons (Fsp3) is 0.474. The van der Waals surface area contributed by atoms with E-state index in [0.717, 1.165) is 29.5 Å². The molecule has 0 saturated carbocycles. The zero-order valence-electron chi connectivity index (χ0n) is 15.1. The van der Waals surface area contributed by atoms with E-state index in [1.54, 1.807) is 36.6 Å². The largest absolute Gasteiger partial charge is 0.530 e. The number of thioether (sulfide) groups is 1. The van der Waals surface area contributed by atoms with Crippen molar-refractivity contribution in [2.24, 2.45) is 0 Å². The van der Waals surface area contributed by atoms with Crippen molar-refractivity contribution < 1.29 is 24.2 Å². The summed E-state index contributed by atoms with van der Waals surface area (Å²) in [6, 6.07) is 6.85.